The van der Waals surface area contributed by atoms with Crippen molar-refractivity contribution in [3.05, 3.63) is 182 Å². The van der Waals surface area contributed by atoms with Crippen LogP contribution < -0.4 is 0 Å². The number of hydrogen-bond acceptors (Lipinski definition) is 5. The van der Waals surface area contributed by atoms with E-state index in [0.29, 0.717) is 0 Å². The van der Waals surface area contributed by atoms with Gasteiger partial charge in [-0.1, -0.05) is 109 Å². The van der Waals surface area contributed by atoms with Gasteiger partial charge in [0, 0.05) is 55.8 Å². The van der Waals surface area contributed by atoms with E-state index < -0.39 is 155 Å². The van der Waals surface area contributed by atoms with Gasteiger partial charge >= 0.3 is 0 Å². The topological polar surface area (TPSA) is 79.2 Å². The number of rotatable bonds is 5. The summed E-state index contributed by atoms with van der Waals surface area (Å²) in [5.74, 6) is -1.64. The normalized spacial score (nSPS) is 16.8. The molecule has 12 rings (SSSR count). The summed E-state index contributed by atoms with van der Waals surface area (Å²) in [6, 6.07) is -0.548. The molecule has 0 aliphatic heterocycles. The molecular weight excluding hydrogens is 701 g/mol. The van der Waals surface area contributed by atoms with Gasteiger partial charge in [-0.2, -0.15) is 9.97 Å². The first kappa shape index (κ1) is 17.7. The largest absolute Gasteiger partial charge is 0.292 e. The van der Waals surface area contributed by atoms with Crippen LogP contribution in [0.5, 0.6) is 0 Å². The van der Waals surface area contributed by atoms with Crippen LogP contribution in [-0.4, -0.2) is 38.6 Å². The maximum atomic E-state index is 9.50. The van der Waals surface area contributed by atoms with Crippen LogP contribution >= 0.6 is 0 Å². The van der Waals surface area contributed by atoms with Crippen LogP contribution in [0.3, 0.4) is 0 Å². The van der Waals surface area contributed by atoms with Crippen molar-refractivity contribution in [1.82, 2.24) is 38.6 Å². The summed E-state index contributed by atoms with van der Waals surface area (Å²) in [4.78, 5) is 23.8. The van der Waals surface area contributed by atoms with E-state index in [1.54, 1.807) is 30.3 Å². The third-order valence-corrected chi connectivity index (χ3v) is 9.66. The molecule has 57 heavy (non-hydrogen) atoms. The predicted molar refractivity (Wildman–Crippen MR) is 229 cm³/mol. The summed E-state index contributed by atoms with van der Waals surface area (Å²) in [6.07, 6.45) is 2.85. The number of aromatic nitrogens is 8. The number of fused-ring (bicyclic) bond motifs is 9. The van der Waals surface area contributed by atoms with Crippen LogP contribution in [0, 0.1) is 0 Å². The van der Waals surface area contributed by atoms with E-state index in [2.05, 4.69) is 9.97 Å². The average Bonchev–Trinajstić information content (AvgIpc) is 4.26. The molecule has 0 spiro atoms. The molecule has 8 nitrogen and oxygen atoms in total. The van der Waals surface area contributed by atoms with Crippen molar-refractivity contribution in [2.24, 2.45) is 0 Å². The van der Waals surface area contributed by atoms with Gasteiger partial charge in [0.2, 0.25) is 5.95 Å². The molecule has 0 radical (unpaired) electrons. The summed E-state index contributed by atoms with van der Waals surface area (Å²) in [7, 11) is 0. The second-order valence-electron chi connectivity index (χ2n) is 12.7. The summed E-state index contributed by atoms with van der Waals surface area (Å²) < 4.78 is 183. The Morgan fingerprint density at radius 2 is 0.912 bits per heavy atom. The maximum Gasteiger partial charge on any atom is 0.238 e. The first-order chi connectivity index (χ1) is 36.6. The van der Waals surface area contributed by atoms with E-state index in [9.17, 15) is 6.85 Å². The second-order valence-corrected chi connectivity index (χ2v) is 12.7. The Bertz CT molecular complexity index is 4620. The van der Waals surface area contributed by atoms with Crippen molar-refractivity contribution in [3.63, 3.8) is 0 Å². The van der Waals surface area contributed by atoms with Crippen LogP contribution in [0.1, 0.15) is 27.4 Å². The lowest BCUT2D eigenvalue weighted by molar-refractivity contribution is 0.950. The lowest BCUT2D eigenvalue weighted by Gasteiger charge is -2.20. The Kier molecular flexibility index (Phi) is 3.80. The Labute approximate surface area is 353 Å². The molecule has 6 aromatic carbocycles. The number of para-hydroxylation sites is 5. The highest BCUT2D eigenvalue weighted by Gasteiger charge is 2.26. The molecule has 8 heteroatoms. The fraction of sp³-hybridized carbons (Fsp3) is 0. The van der Waals surface area contributed by atoms with Gasteiger partial charge in [0.05, 0.1) is 60.9 Å². The van der Waals surface area contributed by atoms with Crippen LogP contribution in [-0.2, 0) is 0 Å². The quantitative estimate of drug-likeness (QED) is 0.175. The van der Waals surface area contributed by atoms with Gasteiger partial charge in [0.1, 0.15) is 11.3 Å². The molecule has 0 fully saturated rings. The molecule has 6 aromatic heterocycles. The van der Waals surface area contributed by atoms with E-state index >= 15 is 0 Å². The number of nitrogens with zero attached hydrogens (tertiary/aromatic N) is 8. The van der Waals surface area contributed by atoms with Gasteiger partial charge in [0.15, 0.2) is 11.6 Å². The van der Waals surface area contributed by atoms with Crippen molar-refractivity contribution in [2.45, 2.75) is 0 Å². The van der Waals surface area contributed by atoms with Crippen molar-refractivity contribution in [3.8, 4) is 40.1 Å². The third-order valence-electron chi connectivity index (χ3n) is 9.66. The van der Waals surface area contributed by atoms with E-state index in [0.717, 1.165) is 10.6 Å². The van der Waals surface area contributed by atoms with Crippen molar-refractivity contribution >= 4 is 65.7 Å². The smallest absolute Gasteiger partial charge is 0.238 e. The van der Waals surface area contributed by atoms with Crippen LogP contribution in [0.25, 0.3) is 106 Å². The minimum absolute atomic E-state index is 0.0145. The maximum absolute atomic E-state index is 9.50. The van der Waals surface area contributed by atoms with Gasteiger partial charge < -0.3 is 0 Å². The molecule has 266 valence electrons. The zero-order chi connectivity index (χ0) is 54.9. The Balaban J connectivity index is 1.35. The Morgan fingerprint density at radius 1 is 0.404 bits per heavy atom. The second kappa shape index (κ2) is 12.3. The van der Waals surface area contributed by atoms with Gasteiger partial charge in [-0.25, -0.2) is 15.0 Å². The standard InChI is InChI=1S/C49H30N8/c1-2-15-31(16-3-1)45-52-46(54-49(53-45)56-40-25-9-4-17-32(40)33-18-5-10-26-41(33)56)38-21-12-28-43(55-39-24-8-6-19-34(39)36-22-13-29-50-47(36)55)44(38)57-42-27-11-7-20-35(42)37-23-14-30-51-48(37)57/h1-30H/i2D,3D,4D,5D,6D,7D,8D,9D,10D,11D,15D,16D,17D,18D,19D,20D,24D,25D,26D,27D. The fourth-order valence-electron chi connectivity index (χ4n) is 7.38. The predicted octanol–water partition coefficient (Wildman–Crippen LogP) is 11.3. The Hall–Kier alpha value is -7.97. The first-order valence-electron chi connectivity index (χ1n) is 27.3. The molecule has 0 aliphatic rings. The highest BCUT2D eigenvalue weighted by Crippen LogP contribution is 2.41. The van der Waals surface area contributed by atoms with Gasteiger partial charge in [0.25, 0.3) is 0 Å². The Morgan fingerprint density at radius 3 is 1.53 bits per heavy atom. The number of pyridine rings is 2. The van der Waals surface area contributed by atoms with Crippen LogP contribution in [0.4, 0.5) is 0 Å². The van der Waals surface area contributed by atoms with E-state index in [1.165, 1.54) is 33.7 Å². The molecule has 0 amide bonds. The molecule has 0 aliphatic carbocycles. The average molecular weight is 751 g/mol. The minimum Gasteiger partial charge on any atom is -0.292 e. The van der Waals surface area contributed by atoms with E-state index in [4.69, 9.17) is 35.5 Å². The third kappa shape index (κ3) is 4.64. The molecular formula is C49H30N8. The van der Waals surface area contributed by atoms with Crippen molar-refractivity contribution in [2.75, 3.05) is 0 Å². The fourth-order valence-corrected chi connectivity index (χ4v) is 7.38. The summed E-state index contributed by atoms with van der Waals surface area (Å²) in [5.41, 5.74) is -1.58. The van der Waals surface area contributed by atoms with E-state index in [1.807, 2.05) is 0 Å². The summed E-state index contributed by atoms with van der Waals surface area (Å²) in [5, 5.41) is -0.0954. The highest BCUT2D eigenvalue weighted by atomic mass is 15.2. The van der Waals surface area contributed by atoms with Crippen molar-refractivity contribution in [1.29, 1.82) is 0 Å². The first-order valence-corrected chi connectivity index (χ1v) is 17.3. The SMILES string of the molecule is [2H]c1cc([2H])c([2H])c(-c2nc(-c3cccc(-n4c5ncccc5c5c([2H])c([2H])c([2H])c([2H])c54)c3-n3c4ncccc4c4c([2H])c([2H])c([2H])c([2H])c43)nc(-n3c4c([2H])c([2H])c([2H])c([2H])c4c4c([2H])c([2H])c([2H])c([2H])c43)n2)c1[2H]. The van der Waals surface area contributed by atoms with Gasteiger partial charge in [-0.3, -0.25) is 13.7 Å². The zero-order valence-corrected chi connectivity index (χ0v) is 28.9. The monoisotopic (exact) mass is 750 g/mol. The van der Waals surface area contributed by atoms with Crippen molar-refractivity contribution < 1.29 is 27.4 Å². The lowest BCUT2D eigenvalue weighted by Crippen LogP contribution is -2.10. The van der Waals surface area contributed by atoms with Gasteiger partial charge in [-0.05, 0) is 60.6 Å². The molecule has 6 heterocycles. The van der Waals surface area contributed by atoms with Gasteiger partial charge in [-0.15, -0.1) is 0 Å². The highest BCUT2D eigenvalue weighted by molar-refractivity contribution is 6.11. The number of benzene rings is 6. The zero-order valence-electron chi connectivity index (χ0n) is 48.9. The molecule has 0 bridgehead atoms. The van der Waals surface area contributed by atoms with Crippen LogP contribution in [0.2, 0.25) is 0 Å². The molecule has 0 saturated heterocycles. The molecule has 0 unspecified atom stereocenters. The molecule has 12 aromatic rings. The number of hydrogen-bond donors (Lipinski definition) is 0. The lowest BCUT2D eigenvalue weighted by atomic mass is 10.1. The molecule has 0 saturated carbocycles. The van der Waals surface area contributed by atoms with E-state index in [-0.39, 0.29) is 71.6 Å². The van der Waals surface area contributed by atoms with Crippen LogP contribution in [0.15, 0.2) is 182 Å². The summed E-state index contributed by atoms with van der Waals surface area (Å²) in [6.45, 7) is 0. The molecule has 0 N–H and O–H groups in total. The minimum atomic E-state index is -0.768. The molecule has 0 atom stereocenters. The summed E-state index contributed by atoms with van der Waals surface area (Å²) >= 11 is 0.